The normalized spacial score (nSPS) is 19.4. The molecule has 0 bridgehead atoms. The maximum atomic E-state index is 13.5. The lowest BCUT2D eigenvalue weighted by molar-refractivity contribution is -0.133. The summed E-state index contributed by atoms with van der Waals surface area (Å²) in [6, 6.07) is 8.85. The number of ketones is 1. The largest absolute Gasteiger partial charge is 0.375 e. The zero-order valence-corrected chi connectivity index (χ0v) is 12.8. The minimum Gasteiger partial charge on any atom is -0.375 e. The number of hydrogen-bond donors (Lipinski definition) is 2. The van der Waals surface area contributed by atoms with Crippen molar-refractivity contribution >= 4 is 17.4 Å². The number of Topliss-reactive ketones (excluding diaryl/α,β-unsaturated/α-hetero) is 1. The van der Waals surface area contributed by atoms with Crippen molar-refractivity contribution in [1.29, 1.82) is 0 Å². The number of fused-ring (bicyclic) bond motifs is 1. The van der Waals surface area contributed by atoms with E-state index in [1.807, 2.05) is 19.9 Å². The van der Waals surface area contributed by atoms with Crippen LogP contribution < -0.4 is 5.32 Å². The lowest BCUT2D eigenvalue weighted by Crippen LogP contribution is -2.36. The zero-order chi connectivity index (χ0) is 16.8. The van der Waals surface area contributed by atoms with Gasteiger partial charge in [-0.3, -0.25) is 9.59 Å². The van der Waals surface area contributed by atoms with Crippen LogP contribution in [0.1, 0.15) is 33.5 Å². The van der Waals surface area contributed by atoms with Crippen LogP contribution in [0.4, 0.5) is 10.1 Å². The SMILES string of the molecule is Cc1ccc(C(=O)CC2(O)C(=O)Nc3ccc(F)cc32)cc1C. The van der Waals surface area contributed by atoms with Gasteiger partial charge in [0, 0.05) is 16.8 Å². The Morgan fingerprint density at radius 1 is 1.17 bits per heavy atom. The molecule has 118 valence electrons. The molecule has 1 atom stereocenters. The van der Waals surface area contributed by atoms with Crippen LogP contribution in [0.5, 0.6) is 0 Å². The van der Waals surface area contributed by atoms with E-state index >= 15 is 0 Å². The van der Waals surface area contributed by atoms with E-state index in [0.717, 1.165) is 17.2 Å². The molecule has 1 heterocycles. The number of carbonyl (C=O) groups excluding carboxylic acids is 2. The van der Waals surface area contributed by atoms with E-state index in [1.54, 1.807) is 12.1 Å². The first-order valence-corrected chi connectivity index (χ1v) is 7.25. The average Bonchev–Trinajstić information content (AvgIpc) is 2.73. The summed E-state index contributed by atoms with van der Waals surface area (Å²) in [6.07, 6.45) is -0.433. The Balaban J connectivity index is 1.95. The molecule has 4 nitrogen and oxygen atoms in total. The molecule has 0 saturated heterocycles. The van der Waals surface area contributed by atoms with E-state index in [0.29, 0.717) is 11.3 Å². The molecule has 0 fully saturated rings. The number of aryl methyl sites for hydroxylation is 2. The van der Waals surface area contributed by atoms with Gasteiger partial charge in [-0.2, -0.15) is 0 Å². The van der Waals surface area contributed by atoms with E-state index in [9.17, 15) is 19.1 Å². The van der Waals surface area contributed by atoms with Gasteiger partial charge in [-0.05, 0) is 49.2 Å². The number of rotatable bonds is 3. The summed E-state index contributed by atoms with van der Waals surface area (Å²) in [5.41, 5.74) is 0.787. The molecule has 0 aliphatic carbocycles. The number of benzene rings is 2. The lowest BCUT2D eigenvalue weighted by Gasteiger charge is -2.20. The number of amides is 1. The highest BCUT2D eigenvalue weighted by molar-refractivity contribution is 6.09. The lowest BCUT2D eigenvalue weighted by atomic mass is 9.87. The van der Waals surface area contributed by atoms with E-state index in [2.05, 4.69) is 5.32 Å². The predicted octanol–water partition coefficient (Wildman–Crippen LogP) is 2.86. The van der Waals surface area contributed by atoms with E-state index in [1.165, 1.54) is 12.1 Å². The van der Waals surface area contributed by atoms with Crippen LogP contribution in [0.2, 0.25) is 0 Å². The van der Waals surface area contributed by atoms with Crippen LogP contribution in [0.3, 0.4) is 0 Å². The molecule has 0 aromatic heterocycles. The van der Waals surface area contributed by atoms with Crippen molar-refractivity contribution in [1.82, 2.24) is 0 Å². The van der Waals surface area contributed by atoms with E-state index in [4.69, 9.17) is 0 Å². The van der Waals surface area contributed by atoms with Crippen molar-refractivity contribution in [3.8, 4) is 0 Å². The highest BCUT2D eigenvalue weighted by atomic mass is 19.1. The van der Waals surface area contributed by atoms with Crippen LogP contribution in [0.25, 0.3) is 0 Å². The summed E-state index contributed by atoms with van der Waals surface area (Å²) in [6.45, 7) is 3.81. The van der Waals surface area contributed by atoms with Crippen LogP contribution in [0.15, 0.2) is 36.4 Å². The summed E-state index contributed by atoms with van der Waals surface area (Å²) in [7, 11) is 0. The molecule has 3 rings (SSSR count). The Kier molecular flexibility index (Phi) is 3.53. The molecule has 1 amide bonds. The Hall–Kier alpha value is -2.53. The fraction of sp³-hybridized carbons (Fsp3) is 0.222. The third-order valence-corrected chi connectivity index (χ3v) is 4.30. The topological polar surface area (TPSA) is 66.4 Å². The molecule has 0 saturated carbocycles. The highest BCUT2D eigenvalue weighted by Gasteiger charge is 2.47. The molecule has 1 aliphatic heterocycles. The quantitative estimate of drug-likeness (QED) is 0.856. The molecule has 1 unspecified atom stereocenters. The van der Waals surface area contributed by atoms with Gasteiger partial charge < -0.3 is 10.4 Å². The summed E-state index contributed by atoms with van der Waals surface area (Å²) in [5, 5.41) is 13.2. The first-order chi connectivity index (χ1) is 10.8. The molecule has 0 radical (unpaired) electrons. The van der Waals surface area contributed by atoms with Gasteiger partial charge in [0.2, 0.25) is 0 Å². The third-order valence-electron chi connectivity index (χ3n) is 4.30. The molecule has 0 spiro atoms. The maximum Gasteiger partial charge on any atom is 0.261 e. The first kappa shape index (κ1) is 15.4. The molecular weight excluding hydrogens is 297 g/mol. The zero-order valence-electron chi connectivity index (χ0n) is 12.8. The second kappa shape index (κ2) is 5.28. The predicted molar refractivity (Wildman–Crippen MR) is 83.8 cm³/mol. The second-order valence-corrected chi connectivity index (χ2v) is 5.90. The van der Waals surface area contributed by atoms with Crippen LogP contribution in [-0.4, -0.2) is 16.8 Å². The van der Waals surface area contributed by atoms with Gasteiger partial charge >= 0.3 is 0 Å². The maximum absolute atomic E-state index is 13.5. The number of aliphatic hydroxyl groups is 1. The van der Waals surface area contributed by atoms with Gasteiger partial charge in [0.1, 0.15) is 5.82 Å². The van der Waals surface area contributed by atoms with Gasteiger partial charge in [-0.1, -0.05) is 12.1 Å². The van der Waals surface area contributed by atoms with Crippen LogP contribution in [0, 0.1) is 19.7 Å². The monoisotopic (exact) mass is 313 g/mol. The van der Waals surface area contributed by atoms with Gasteiger partial charge in [0.25, 0.3) is 5.91 Å². The fourth-order valence-electron chi connectivity index (χ4n) is 2.74. The fourth-order valence-corrected chi connectivity index (χ4v) is 2.74. The first-order valence-electron chi connectivity index (χ1n) is 7.25. The van der Waals surface area contributed by atoms with Crippen LogP contribution >= 0.6 is 0 Å². The Labute approximate surface area is 133 Å². The van der Waals surface area contributed by atoms with E-state index in [-0.39, 0.29) is 11.3 Å². The summed E-state index contributed by atoms with van der Waals surface area (Å²) < 4.78 is 13.5. The van der Waals surface area contributed by atoms with Gasteiger partial charge in [-0.25, -0.2) is 4.39 Å². The van der Waals surface area contributed by atoms with E-state index < -0.39 is 23.7 Å². The number of carbonyl (C=O) groups is 2. The Bertz CT molecular complexity index is 831. The van der Waals surface area contributed by atoms with Crippen molar-refractivity contribution in [2.45, 2.75) is 25.9 Å². The number of hydrogen-bond acceptors (Lipinski definition) is 3. The van der Waals surface area contributed by atoms with Crippen molar-refractivity contribution in [3.63, 3.8) is 0 Å². The minimum atomic E-state index is -2.05. The molecule has 2 aromatic carbocycles. The average molecular weight is 313 g/mol. The minimum absolute atomic E-state index is 0.0969. The van der Waals surface area contributed by atoms with Crippen molar-refractivity contribution in [2.75, 3.05) is 5.32 Å². The summed E-state index contributed by atoms with van der Waals surface area (Å²) >= 11 is 0. The van der Waals surface area contributed by atoms with Gasteiger partial charge in [-0.15, -0.1) is 0 Å². The summed E-state index contributed by atoms with van der Waals surface area (Å²) in [4.78, 5) is 24.6. The Morgan fingerprint density at radius 3 is 2.61 bits per heavy atom. The smallest absolute Gasteiger partial charge is 0.261 e. The number of nitrogens with one attached hydrogen (secondary N) is 1. The van der Waals surface area contributed by atoms with Crippen molar-refractivity contribution in [3.05, 3.63) is 64.5 Å². The second-order valence-electron chi connectivity index (χ2n) is 5.90. The molecule has 23 heavy (non-hydrogen) atoms. The molecule has 2 aromatic rings. The molecule has 1 aliphatic rings. The van der Waals surface area contributed by atoms with Crippen LogP contribution in [-0.2, 0) is 10.4 Å². The Morgan fingerprint density at radius 2 is 1.91 bits per heavy atom. The molecular formula is C18H16FNO3. The summed E-state index contributed by atoms with van der Waals surface area (Å²) in [5.74, 6) is -1.66. The van der Waals surface area contributed by atoms with Crippen molar-refractivity contribution in [2.24, 2.45) is 0 Å². The van der Waals surface area contributed by atoms with Gasteiger partial charge in [0.15, 0.2) is 11.4 Å². The third kappa shape index (κ3) is 2.53. The van der Waals surface area contributed by atoms with Crippen molar-refractivity contribution < 1.29 is 19.1 Å². The van der Waals surface area contributed by atoms with Gasteiger partial charge in [0.05, 0.1) is 6.42 Å². The standard InChI is InChI=1S/C18H16FNO3/c1-10-3-4-12(7-11(10)2)16(21)9-18(23)14-8-13(19)5-6-15(14)20-17(18)22/h3-8,23H,9H2,1-2H3,(H,20,22). The number of anilines is 1. The highest BCUT2D eigenvalue weighted by Crippen LogP contribution is 2.39. The molecule has 2 N–H and O–H groups in total. The molecule has 5 heteroatoms. The number of halogens is 1.